The van der Waals surface area contributed by atoms with Crippen molar-refractivity contribution in [2.75, 3.05) is 31.3 Å². The van der Waals surface area contributed by atoms with E-state index >= 15 is 0 Å². The number of nitrogens with zero attached hydrogens (tertiary/aromatic N) is 2. The van der Waals surface area contributed by atoms with Crippen molar-refractivity contribution in [3.05, 3.63) is 84.4 Å². The minimum absolute atomic E-state index is 0.0481. The third kappa shape index (κ3) is 8.01. The minimum Gasteiger partial charge on any atom is -0.461 e. The summed E-state index contributed by atoms with van der Waals surface area (Å²) in [5.41, 5.74) is 2.10. The molecule has 1 unspecified atom stereocenters. The summed E-state index contributed by atoms with van der Waals surface area (Å²) in [7, 11) is 0. The molecule has 44 heavy (non-hydrogen) atoms. The highest BCUT2D eigenvalue weighted by Gasteiger charge is 2.31. The molecule has 0 aliphatic heterocycles. The SMILES string of the molecule is C=CC(=O)OCCNC(=O)OCC(CC)(CSc1cccc(-c2cccc3c2sc2ccccc23)c1)CSc1nnc(C)s1. The molecule has 1 atom stereocenters. The van der Waals surface area contributed by atoms with Crippen LogP contribution < -0.4 is 5.32 Å². The van der Waals surface area contributed by atoms with Crippen LogP contribution in [0.5, 0.6) is 0 Å². The topological polar surface area (TPSA) is 90.4 Å². The van der Waals surface area contributed by atoms with Gasteiger partial charge in [-0.25, -0.2) is 9.59 Å². The number of amides is 1. The molecule has 7 nitrogen and oxygen atoms in total. The van der Waals surface area contributed by atoms with Crippen molar-refractivity contribution >= 4 is 78.4 Å². The van der Waals surface area contributed by atoms with Gasteiger partial charge in [0.2, 0.25) is 0 Å². The molecule has 0 fully saturated rings. The number of esters is 1. The van der Waals surface area contributed by atoms with Gasteiger partial charge in [0.05, 0.1) is 6.54 Å². The van der Waals surface area contributed by atoms with E-state index in [9.17, 15) is 9.59 Å². The maximum atomic E-state index is 12.5. The van der Waals surface area contributed by atoms with Gasteiger partial charge >= 0.3 is 12.1 Å². The maximum absolute atomic E-state index is 12.5. The van der Waals surface area contributed by atoms with E-state index in [1.807, 2.05) is 18.3 Å². The molecular weight excluding hydrogens is 631 g/mol. The van der Waals surface area contributed by atoms with E-state index in [1.165, 1.54) is 31.3 Å². The molecule has 11 heteroatoms. The average molecular weight is 664 g/mol. The molecule has 0 aliphatic rings. The van der Waals surface area contributed by atoms with Crippen LogP contribution in [-0.2, 0) is 14.3 Å². The summed E-state index contributed by atoms with van der Waals surface area (Å²) in [6, 6.07) is 23.8. The third-order valence-corrected chi connectivity index (χ3v) is 12.0. The molecule has 0 bridgehead atoms. The Bertz CT molecular complexity index is 1770. The summed E-state index contributed by atoms with van der Waals surface area (Å²) in [4.78, 5) is 24.9. The minimum atomic E-state index is -0.544. The molecule has 0 saturated carbocycles. The monoisotopic (exact) mass is 663 g/mol. The number of benzene rings is 3. The Morgan fingerprint density at radius 2 is 1.77 bits per heavy atom. The average Bonchev–Trinajstić information content (AvgIpc) is 3.66. The zero-order valence-electron chi connectivity index (χ0n) is 24.5. The lowest BCUT2D eigenvalue weighted by Gasteiger charge is -2.31. The predicted octanol–water partition coefficient (Wildman–Crippen LogP) is 8.62. The standard InChI is InChI=1S/C33H33N3O4S4/c1-4-29(37)39-17-16-34-31(38)40-19-33(5-2,21-42-32-36-35-22(3)43-32)20-41-24-11-8-10-23(18-24)25-13-9-14-27-26-12-6-7-15-28(26)44-30(25)27/h4,6-15,18H,1,5,16-17,19-21H2,2-3H3,(H,34,38). The molecule has 0 radical (unpaired) electrons. The zero-order chi connectivity index (χ0) is 30.9. The number of aryl methyl sites for hydroxylation is 1. The second-order valence-corrected chi connectivity index (χ2v) is 14.7. The van der Waals surface area contributed by atoms with Gasteiger partial charge in [0, 0.05) is 48.1 Å². The van der Waals surface area contributed by atoms with Crippen LogP contribution in [0.1, 0.15) is 18.4 Å². The normalized spacial score (nSPS) is 12.6. The van der Waals surface area contributed by atoms with Crippen LogP contribution in [0.2, 0.25) is 0 Å². The van der Waals surface area contributed by atoms with Crippen molar-refractivity contribution in [1.82, 2.24) is 15.5 Å². The van der Waals surface area contributed by atoms with Crippen LogP contribution in [-0.4, -0.2) is 53.5 Å². The van der Waals surface area contributed by atoms with Gasteiger partial charge < -0.3 is 14.8 Å². The van der Waals surface area contributed by atoms with E-state index in [-0.39, 0.29) is 25.2 Å². The molecule has 2 aromatic heterocycles. The number of carbonyl (C=O) groups is 2. The van der Waals surface area contributed by atoms with Crippen LogP contribution >= 0.6 is 46.2 Å². The van der Waals surface area contributed by atoms with E-state index < -0.39 is 12.1 Å². The second-order valence-electron chi connectivity index (χ2n) is 10.2. The summed E-state index contributed by atoms with van der Waals surface area (Å²) in [6.45, 7) is 7.87. The van der Waals surface area contributed by atoms with Crippen LogP contribution in [0.4, 0.5) is 4.79 Å². The first-order valence-electron chi connectivity index (χ1n) is 14.2. The highest BCUT2D eigenvalue weighted by molar-refractivity contribution is 8.01. The number of fused-ring (bicyclic) bond motifs is 3. The lowest BCUT2D eigenvalue weighted by atomic mass is 9.91. The number of hydrogen-bond acceptors (Lipinski definition) is 10. The quantitative estimate of drug-likeness (QED) is 0.0547. The Hall–Kier alpha value is -3.38. The molecule has 0 aliphatic carbocycles. The number of alkyl carbamates (subject to hydrolysis) is 1. The van der Waals surface area contributed by atoms with E-state index in [2.05, 4.69) is 95.7 Å². The van der Waals surface area contributed by atoms with Crippen molar-refractivity contribution in [2.45, 2.75) is 29.5 Å². The number of thiophene rings is 1. The Labute approximate surface area is 273 Å². The molecule has 228 valence electrons. The third-order valence-electron chi connectivity index (χ3n) is 7.15. The lowest BCUT2D eigenvalue weighted by Crippen LogP contribution is -2.36. The van der Waals surface area contributed by atoms with Gasteiger partial charge in [0.1, 0.15) is 18.2 Å². The predicted molar refractivity (Wildman–Crippen MR) is 184 cm³/mol. The van der Waals surface area contributed by atoms with E-state index in [0.29, 0.717) is 0 Å². The second kappa shape index (κ2) is 15.1. The van der Waals surface area contributed by atoms with E-state index in [0.717, 1.165) is 38.2 Å². The number of aromatic nitrogens is 2. The highest BCUT2D eigenvalue weighted by Crippen LogP contribution is 2.42. The fourth-order valence-electron chi connectivity index (χ4n) is 4.58. The summed E-state index contributed by atoms with van der Waals surface area (Å²) < 4.78 is 14.1. The van der Waals surface area contributed by atoms with Crippen LogP contribution in [0, 0.1) is 12.3 Å². The fourth-order valence-corrected chi connectivity index (χ4v) is 9.30. The van der Waals surface area contributed by atoms with Crippen molar-refractivity contribution in [1.29, 1.82) is 0 Å². The number of rotatable bonds is 14. The summed E-state index contributed by atoms with van der Waals surface area (Å²) >= 11 is 6.81. The smallest absolute Gasteiger partial charge is 0.407 e. The highest BCUT2D eigenvalue weighted by atomic mass is 32.2. The van der Waals surface area contributed by atoms with Crippen LogP contribution in [0.3, 0.4) is 0 Å². The van der Waals surface area contributed by atoms with Gasteiger partial charge in [-0.05, 0) is 42.7 Å². The first-order chi connectivity index (χ1) is 21.4. The van der Waals surface area contributed by atoms with Crippen LogP contribution in [0.15, 0.2) is 88.6 Å². The molecule has 1 N–H and O–H groups in total. The van der Waals surface area contributed by atoms with E-state index in [1.54, 1.807) is 34.9 Å². The number of carbonyl (C=O) groups excluding carboxylic acids is 2. The molecule has 5 rings (SSSR count). The zero-order valence-corrected chi connectivity index (χ0v) is 27.8. The van der Waals surface area contributed by atoms with Crippen molar-refractivity contribution in [2.24, 2.45) is 5.41 Å². The summed E-state index contributed by atoms with van der Waals surface area (Å²) in [5.74, 6) is 0.932. The van der Waals surface area contributed by atoms with Gasteiger partial charge in [0.25, 0.3) is 0 Å². The molecule has 0 spiro atoms. The van der Waals surface area contributed by atoms with Crippen molar-refractivity contribution < 1.29 is 19.1 Å². The van der Waals surface area contributed by atoms with Crippen molar-refractivity contribution in [3.63, 3.8) is 0 Å². The molecule has 5 aromatic rings. The van der Waals surface area contributed by atoms with Gasteiger partial charge in [-0.3, -0.25) is 0 Å². The fraction of sp³-hybridized carbons (Fsp3) is 0.273. The first kappa shape index (κ1) is 32.0. The molecule has 2 heterocycles. The molecule has 0 saturated heterocycles. The first-order valence-corrected chi connectivity index (χ1v) is 17.8. The molecular formula is C33H33N3O4S4. The van der Waals surface area contributed by atoms with E-state index in [4.69, 9.17) is 9.47 Å². The Balaban J connectivity index is 1.30. The number of nitrogens with one attached hydrogen (secondary N) is 1. The van der Waals surface area contributed by atoms with Gasteiger partial charge in [-0.2, -0.15) is 0 Å². The van der Waals surface area contributed by atoms with Gasteiger partial charge in [-0.1, -0.05) is 85.1 Å². The lowest BCUT2D eigenvalue weighted by molar-refractivity contribution is -0.137. The number of ether oxygens (including phenoxy) is 2. The number of thioether (sulfide) groups is 2. The Morgan fingerprint density at radius 3 is 2.57 bits per heavy atom. The Morgan fingerprint density at radius 1 is 0.977 bits per heavy atom. The molecule has 3 aromatic carbocycles. The van der Waals surface area contributed by atoms with Gasteiger partial charge in [0.15, 0.2) is 4.34 Å². The summed E-state index contributed by atoms with van der Waals surface area (Å²) in [5, 5.41) is 14.6. The van der Waals surface area contributed by atoms with Crippen molar-refractivity contribution in [3.8, 4) is 11.1 Å². The number of hydrogen-bond donors (Lipinski definition) is 1. The summed E-state index contributed by atoms with van der Waals surface area (Å²) in [6.07, 6.45) is 1.34. The molecule has 1 amide bonds. The Kier molecular flexibility index (Phi) is 11.0. The largest absolute Gasteiger partial charge is 0.461 e. The van der Waals surface area contributed by atoms with Gasteiger partial charge in [-0.15, -0.1) is 33.3 Å². The van der Waals surface area contributed by atoms with Crippen LogP contribution in [0.25, 0.3) is 31.3 Å². The maximum Gasteiger partial charge on any atom is 0.407 e.